The van der Waals surface area contributed by atoms with Gasteiger partial charge in [0.25, 0.3) is 0 Å². The predicted molar refractivity (Wildman–Crippen MR) is 82.0 cm³/mol. The van der Waals surface area contributed by atoms with Crippen LogP contribution in [0, 0.1) is 0 Å². The summed E-state index contributed by atoms with van der Waals surface area (Å²) in [5.74, 6) is -0.941. The molecule has 1 aromatic carbocycles. The number of hydrogen-bond donors (Lipinski definition) is 2. The maximum atomic E-state index is 12.1. The van der Waals surface area contributed by atoms with E-state index >= 15 is 0 Å². The van der Waals surface area contributed by atoms with E-state index in [0.29, 0.717) is 6.54 Å². The van der Waals surface area contributed by atoms with Gasteiger partial charge in [0, 0.05) is 12.6 Å². The largest absolute Gasteiger partial charge is 0.481 e. The Hall–Kier alpha value is -1.88. The quantitative estimate of drug-likeness (QED) is 0.769. The molecule has 5 nitrogen and oxygen atoms in total. The molecule has 0 radical (unpaired) electrons. The van der Waals surface area contributed by atoms with E-state index in [2.05, 4.69) is 5.32 Å². The molecule has 1 atom stereocenters. The molecule has 21 heavy (non-hydrogen) atoms. The number of carboxylic acid groups (broad SMARTS) is 1. The van der Waals surface area contributed by atoms with Crippen LogP contribution in [0.2, 0.25) is 0 Å². The standard InChI is InChI=1S/C16H24N2O3/c1-12(2)18(10-9-16(20)21)11-15(19)17-13(3)14-7-5-4-6-8-14/h4-8,12-13H,9-11H2,1-3H3,(H,17,19)(H,20,21). The van der Waals surface area contributed by atoms with Crippen LogP contribution < -0.4 is 5.32 Å². The Morgan fingerprint density at radius 1 is 1.19 bits per heavy atom. The fourth-order valence-electron chi connectivity index (χ4n) is 2.06. The van der Waals surface area contributed by atoms with Crippen LogP contribution in [0.4, 0.5) is 0 Å². The first-order valence-corrected chi connectivity index (χ1v) is 7.20. The summed E-state index contributed by atoms with van der Waals surface area (Å²) in [7, 11) is 0. The minimum Gasteiger partial charge on any atom is -0.481 e. The molecule has 0 aliphatic heterocycles. The predicted octanol–water partition coefficient (Wildman–Crippen LogP) is 2.05. The van der Waals surface area contributed by atoms with Crippen molar-refractivity contribution in [3.8, 4) is 0 Å². The Bertz CT molecular complexity index is 460. The molecule has 1 unspecified atom stereocenters. The molecule has 0 aliphatic carbocycles. The number of carboxylic acids is 1. The van der Waals surface area contributed by atoms with Gasteiger partial charge in [-0.1, -0.05) is 30.3 Å². The Morgan fingerprint density at radius 3 is 2.33 bits per heavy atom. The maximum Gasteiger partial charge on any atom is 0.304 e. The third-order valence-electron chi connectivity index (χ3n) is 3.37. The maximum absolute atomic E-state index is 12.1. The van der Waals surface area contributed by atoms with Crippen LogP contribution in [0.3, 0.4) is 0 Å². The van der Waals surface area contributed by atoms with Gasteiger partial charge in [-0.05, 0) is 26.3 Å². The van der Waals surface area contributed by atoms with Gasteiger partial charge in [-0.2, -0.15) is 0 Å². The summed E-state index contributed by atoms with van der Waals surface area (Å²) >= 11 is 0. The molecular weight excluding hydrogens is 268 g/mol. The number of benzene rings is 1. The van der Waals surface area contributed by atoms with E-state index in [9.17, 15) is 9.59 Å². The van der Waals surface area contributed by atoms with Gasteiger partial charge in [0.2, 0.25) is 5.91 Å². The second-order valence-corrected chi connectivity index (χ2v) is 5.41. The summed E-state index contributed by atoms with van der Waals surface area (Å²) in [5, 5.41) is 11.7. The van der Waals surface area contributed by atoms with Crippen LogP contribution in [0.15, 0.2) is 30.3 Å². The first-order valence-electron chi connectivity index (χ1n) is 7.20. The summed E-state index contributed by atoms with van der Waals surface area (Å²) in [6, 6.07) is 9.81. The summed E-state index contributed by atoms with van der Waals surface area (Å²) in [5.41, 5.74) is 1.05. The van der Waals surface area contributed by atoms with Crippen molar-refractivity contribution in [1.82, 2.24) is 10.2 Å². The molecule has 0 spiro atoms. The smallest absolute Gasteiger partial charge is 0.304 e. The monoisotopic (exact) mass is 292 g/mol. The second kappa shape index (κ2) is 8.42. The van der Waals surface area contributed by atoms with Crippen LogP contribution in [-0.2, 0) is 9.59 Å². The highest BCUT2D eigenvalue weighted by Crippen LogP contribution is 2.11. The zero-order valence-corrected chi connectivity index (χ0v) is 12.9. The zero-order chi connectivity index (χ0) is 15.8. The van der Waals surface area contributed by atoms with Gasteiger partial charge in [-0.25, -0.2) is 0 Å². The van der Waals surface area contributed by atoms with Crippen molar-refractivity contribution < 1.29 is 14.7 Å². The molecule has 0 saturated carbocycles. The van der Waals surface area contributed by atoms with Gasteiger partial charge in [0.05, 0.1) is 19.0 Å². The first-order chi connectivity index (χ1) is 9.90. The first kappa shape index (κ1) is 17.2. The fraction of sp³-hybridized carbons (Fsp3) is 0.500. The van der Waals surface area contributed by atoms with Crippen molar-refractivity contribution >= 4 is 11.9 Å². The van der Waals surface area contributed by atoms with Crippen molar-refractivity contribution in [3.05, 3.63) is 35.9 Å². The lowest BCUT2D eigenvalue weighted by molar-refractivity contribution is -0.138. The lowest BCUT2D eigenvalue weighted by Crippen LogP contribution is -2.42. The van der Waals surface area contributed by atoms with E-state index in [4.69, 9.17) is 5.11 Å². The Morgan fingerprint density at radius 2 is 1.81 bits per heavy atom. The molecule has 0 aromatic heterocycles. The van der Waals surface area contributed by atoms with E-state index in [1.807, 2.05) is 56.0 Å². The van der Waals surface area contributed by atoms with Gasteiger partial charge in [0.15, 0.2) is 0 Å². The summed E-state index contributed by atoms with van der Waals surface area (Å²) in [4.78, 5) is 24.6. The van der Waals surface area contributed by atoms with E-state index in [-0.39, 0.29) is 31.0 Å². The number of amides is 1. The number of carbonyl (C=O) groups excluding carboxylic acids is 1. The summed E-state index contributed by atoms with van der Waals surface area (Å²) in [6.07, 6.45) is 0.0414. The number of hydrogen-bond acceptors (Lipinski definition) is 3. The molecule has 0 aliphatic rings. The Kier molecular flexibility index (Phi) is 6.88. The van der Waals surface area contributed by atoms with Crippen LogP contribution in [0.5, 0.6) is 0 Å². The Labute approximate surface area is 126 Å². The molecule has 0 saturated heterocycles. The second-order valence-electron chi connectivity index (χ2n) is 5.41. The zero-order valence-electron chi connectivity index (χ0n) is 12.9. The molecule has 1 amide bonds. The molecule has 1 aromatic rings. The molecular formula is C16H24N2O3. The van der Waals surface area contributed by atoms with Gasteiger partial charge in [-0.15, -0.1) is 0 Å². The van der Waals surface area contributed by atoms with Crippen molar-refractivity contribution in [1.29, 1.82) is 0 Å². The highest BCUT2D eigenvalue weighted by atomic mass is 16.4. The van der Waals surface area contributed by atoms with Gasteiger partial charge in [0.1, 0.15) is 0 Å². The van der Waals surface area contributed by atoms with Crippen molar-refractivity contribution in [2.24, 2.45) is 0 Å². The third kappa shape index (κ3) is 6.40. The third-order valence-corrected chi connectivity index (χ3v) is 3.37. The minimum atomic E-state index is -0.848. The van der Waals surface area contributed by atoms with Gasteiger partial charge < -0.3 is 10.4 Å². The van der Waals surface area contributed by atoms with Crippen LogP contribution in [0.25, 0.3) is 0 Å². The normalized spacial score (nSPS) is 12.4. The van der Waals surface area contributed by atoms with Crippen molar-refractivity contribution in [2.75, 3.05) is 13.1 Å². The highest BCUT2D eigenvalue weighted by molar-refractivity contribution is 5.78. The number of nitrogens with one attached hydrogen (secondary N) is 1. The molecule has 2 N–H and O–H groups in total. The number of nitrogens with zero attached hydrogens (tertiary/aromatic N) is 1. The average molecular weight is 292 g/mol. The summed E-state index contributed by atoms with van der Waals surface area (Å²) in [6.45, 7) is 6.43. The van der Waals surface area contributed by atoms with Gasteiger partial charge in [-0.3, -0.25) is 14.5 Å². The van der Waals surface area contributed by atoms with E-state index < -0.39 is 5.97 Å². The molecule has 5 heteroatoms. The summed E-state index contributed by atoms with van der Waals surface area (Å²) < 4.78 is 0. The van der Waals surface area contributed by atoms with Crippen molar-refractivity contribution in [2.45, 2.75) is 39.3 Å². The topological polar surface area (TPSA) is 69.6 Å². The average Bonchev–Trinajstić information content (AvgIpc) is 2.43. The fourth-order valence-corrected chi connectivity index (χ4v) is 2.06. The van der Waals surface area contributed by atoms with E-state index in [0.717, 1.165) is 5.56 Å². The molecule has 0 fully saturated rings. The Balaban J connectivity index is 2.51. The molecule has 1 rings (SSSR count). The molecule has 0 heterocycles. The van der Waals surface area contributed by atoms with Crippen molar-refractivity contribution in [3.63, 3.8) is 0 Å². The minimum absolute atomic E-state index is 0.0414. The van der Waals surface area contributed by atoms with E-state index in [1.165, 1.54) is 0 Å². The number of carbonyl (C=O) groups is 2. The van der Waals surface area contributed by atoms with Crippen LogP contribution in [0.1, 0.15) is 38.8 Å². The van der Waals surface area contributed by atoms with Crippen LogP contribution >= 0.6 is 0 Å². The SMILES string of the molecule is CC(NC(=O)CN(CCC(=O)O)C(C)C)c1ccccc1. The number of rotatable bonds is 8. The van der Waals surface area contributed by atoms with Gasteiger partial charge >= 0.3 is 5.97 Å². The number of aliphatic carboxylic acids is 1. The van der Waals surface area contributed by atoms with E-state index in [1.54, 1.807) is 0 Å². The highest BCUT2D eigenvalue weighted by Gasteiger charge is 2.16. The van der Waals surface area contributed by atoms with Crippen LogP contribution in [-0.4, -0.2) is 41.0 Å². The molecule has 0 bridgehead atoms. The lowest BCUT2D eigenvalue weighted by atomic mass is 10.1. The lowest BCUT2D eigenvalue weighted by Gasteiger charge is -2.26. The molecule has 116 valence electrons.